The predicted molar refractivity (Wildman–Crippen MR) is 143 cm³/mol. The normalized spacial score (nSPS) is 13.6. The molecule has 0 aliphatic heterocycles. The summed E-state index contributed by atoms with van der Waals surface area (Å²) in [6, 6.07) is 8.31. The first-order valence-corrected chi connectivity index (χ1v) is 12.7. The van der Waals surface area contributed by atoms with Gasteiger partial charge in [-0.15, -0.1) is 11.3 Å². The molecule has 0 bridgehead atoms. The number of rotatable bonds is 6. The van der Waals surface area contributed by atoms with Crippen LogP contribution in [0.1, 0.15) is 63.2 Å². The second-order valence-corrected chi connectivity index (χ2v) is 10.1. The fourth-order valence-corrected chi connectivity index (χ4v) is 5.62. The SMILES string of the molecule is COc1cc([N+](=O)[O-])cc(C=Nc2sc3c(c2C(=O)Nc2cc(C)ccc2C)CCCCCC3)c1O. The zero-order valence-electron chi connectivity index (χ0n) is 20.6. The minimum absolute atomic E-state index is 0.0167. The quantitative estimate of drug-likeness (QED) is 0.220. The van der Waals surface area contributed by atoms with Crippen LogP contribution in [0.25, 0.3) is 0 Å². The maximum atomic E-state index is 13.6. The third kappa shape index (κ3) is 5.41. The second-order valence-electron chi connectivity index (χ2n) is 8.97. The summed E-state index contributed by atoms with van der Waals surface area (Å²) in [6.07, 6.45) is 7.37. The van der Waals surface area contributed by atoms with E-state index in [-0.39, 0.29) is 28.7 Å². The van der Waals surface area contributed by atoms with E-state index in [1.165, 1.54) is 30.7 Å². The fraction of sp³-hybridized carbons (Fsp3) is 0.333. The van der Waals surface area contributed by atoms with E-state index in [2.05, 4.69) is 10.3 Å². The van der Waals surface area contributed by atoms with Crippen molar-refractivity contribution in [2.75, 3.05) is 12.4 Å². The number of carbonyl (C=O) groups is 1. The van der Waals surface area contributed by atoms with Gasteiger partial charge >= 0.3 is 0 Å². The van der Waals surface area contributed by atoms with Gasteiger partial charge in [0, 0.05) is 28.4 Å². The van der Waals surface area contributed by atoms with Crippen LogP contribution in [-0.4, -0.2) is 29.3 Å². The minimum atomic E-state index is -0.556. The number of aliphatic imine (C=N–C) groups is 1. The van der Waals surface area contributed by atoms with E-state index < -0.39 is 4.92 Å². The molecule has 0 atom stereocenters. The second kappa shape index (κ2) is 10.9. The molecule has 0 radical (unpaired) electrons. The molecule has 0 saturated heterocycles. The minimum Gasteiger partial charge on any atom is -0.504 e. The summed E-state index contributed by atoms with van der Waals surface area (Å²) in [5, 5.41) is 25.5. The number of methoxy groups -OCH3 is 1. The van der Waals surface area contributed by atoms with Crippen molar-refractivity contribution in [2.45, 2.75) is 52.4 Å². The number of anilines is 1. The zero-order valence-corrected chi connectivity index (χ0v) is 21.4. The van der Waals surface area contributed by atoms with E-state index in [0.29, 0.717) is 10.6 Å². The molecule has 8 nitrogen and oxygen atoms in total. The van der Waals surface area contributed by atoms with Crippen LogP contribution in [0.3, 0.4) is 0 Å². The maximum Gasteiger partial charge on any atom is 0.274 e. The topological polar surface area (TPSA) is 114 Å². The van der Waals surface area contributed by atoms with E-state index in [1.807, 2.05) is 32.0 Å². The number of phenolic OH excluding ortho intramolecular Hbond substituents is 1. The lowest BCUT2D eigenvalue weighted by Crippen LogP contribution is -2.15. The van der Waals surface area contributed by atoms with Crippen LogP contribution in [-0.2, 0) is 12.8 Å². The molecular weight excluding hydrogens is 478 g/mol. The molecule has 2 aromatic carbocycles. The van der Waals surface area contributed by atoms with Gasteiger partial charge in [-0.1, -0.05) is 25.0 Å². The number of fused-ring (bicyclic) bond motifs is 1. The Hall–Kier alpha value is -3.72. The maximum absolute atomic E-state index is 13.6. The van der Waals surface area contributed by atoms with Gasteiger partial charge in [0.2, 0.25) is 0 Å². The standard InChI is InChI=1S/C27H29N3O5S/c1-16-10-11-17(2)21(12-16)29-26(32)24-20-8-6-4-5-7-9-23(20)36-27(24)28-15-18-13-19(30(33)34)14-22(35-3)25(18)31/h10-15,31H,4-9H2,1-3H3,(H,29,32). The number of nitro groups is 1. The fourth-order valence-electron chi connectivity index (χ4n) is 4.39. The first kappa shape index (κ1) is 25.4. The third-order valence-electron chi connectivity index (χ3n) is 6.36. The monoisotopic (exact) mass is 507 g/mol. The predicted octanol–water partition coefficient (Wildman–Crippen LogP) is 6.65. The summed E-state index contributed by atoms with van der Waals surface area (Å²) >= 11 is 1.47. The van der Waals surface area contributed by atoms with Crippen LogP contribution in [0.15, 0.2) is 35.3 Å². The van der Waals surface area contributed by atoms with E-state index in [1.54, 1.807) is 0 Å². The number of ether oxygens (including phenoxy) is 1. The van der Waals surface area contributed by atoms with E-state index in [9.17, 15) is 20.0 Å². The number of amides is 1. The molecule has 1 aliphatic rings. The van der Waals surface area contributed by atoms with Crippen molar-refractivity contribution in [3.8, 4) is 11.5 Å². The van der Waals surface area contributed by atoms with Crippen LogP contribution in [0.4, 0.5) is 16.4 Å². The van der Waals surface area contributed by atoms with Crippen molar-refractivity contribution in [3.05, 3.63) is 73.1 Å². The van der Waals surface area contributed by atoms with Crippen LogP contribution < -0.4 is 10.1 Å². The summed E-state index contributed by atoms with van der Waals surface area (Å²) in [5.74, 6) is -0.491. The highest BCUT2D eigenvalue weighted by Gasteiger charge is 2.25. The molecular formula is C27H29N3O5S. The van der Waals surface area contributed by atoms with Gasteiger partial charge < -0.3 is 15.2 Å². The molecule has 1 aromatic heterocycles. The Kier molecular flexibility index (Phi) is 7.69. The number of nitrogens with one attached hydrogen (secondary N) is 1. The van der Waals surface area contributed by atoms with Gasteiger partial charge in [-0.25, -0.2) is 4.99 Å². The molecule has 1 heterocycles. The van der Waals surface area contributed by atoms with E-state index in [0.717, 1.165) is 71.8 Å². The number of non-ortho nitro benzene ring substituents is 1. The molecule has 0 saturated carbocycles. The van der Waals surface area contributed by atoms with Crippen molar-refractivity contribution >= 4 is 39.8 Å². The molecule has 1 amide bonds. The van der Waals surface area contributed by atoms with Crippen molar-refractivity contribution in [2.24, 2.45) is 4.99 Å². The summed E-state index contributed by atoms with van der Waals surface area (Å²) in [4.78, 5) is 30.1. The summed E-state index contributed by atoms with van der Waals surface area (Å²) in [5.41, 5.74) is 4.24. The van der Waals surface area contributed by atoms with Gasteiger partial charge in [0.05, 0.1) is 23.7 Å². The summed E-state index contributed by atoms with van der Waals surface area (Å²) in [6.45, 7) is 3.93. The number of benzene rings is 2. The molecule has 188 valence electrons. The van der Waals surface area contributed by atoms with Gasteiger partial charge in [0.1, 0.15) is 5.00 Å². The average molecular weight is 508 g/mol. The van der Waals surface area contributed by atoms with Gasteiger partial charge in [-0.2, -0.15) is 0 Å². The Morgan fingerprint density at radius 2 is 1.92 bits per heavy atom. The van der Waals surface area contributed by atoms with Gasteiger partial charge in [-0.05, 0) is 62.3 Å². The molecule has 3 aromatic rings. The third-order valence-corrected chi connectivity index (χ3v) is 7.56. The highest BCUT2D eigenvalue weighted by molar-refractivity contribution is 7.16. The number of thiophene rings is 1. The highest BCUT2D eigenvalue weighted by atomic mass is 32.1. The molecule has 9 heteroatoms. The van der Waals surface area contributed by atoms with E-state index >= 15 is 0 Å². The molecule has 0 fully saturated rings. The van der Waals surface area contributed by atoms with Crippen LogP contribution >= 0.6 is 11.3 Å². The van der Waals surface area contributed by atoms with Crippen LogP contribution in [0.2, 0.25) is 0 Å². The number of nitro benzene ring substituents is 1. The first-order chi connectivity index (χ1) is 17.3. The van der Waals surface area contributed by atoms with Crippen molar-refractivity contribution < 1.29 is 19.6 Å². The van der Waals surface area contributed by atoms with E-state index in [4.69, 9.17) is 4.74 Å². The number of hydrogen-bond acceptors (Lipinski definition) is 7. The number of aromatic hydroxyl groups is 1. The number of aryl methyl sites for hydroxylation is 3. The lowest BCUT2D eigenvalue weighted by molar-refractivity contribution is -0.385. The smallest absolute Gasteiger partial charge is 0.274 e. The number of carbonyl (C=O) groups excluding carboxylic acids is 1. The summed E-state index contributed by atoms with van der Waals surface area (Å²) < 4.78 is 5.09. The average Bonchev–Trinajstić information content (AvgIpc) is 3.16. The number of phenols is 1. The molecule has 0 unspecified atom stereocenters. The Morgan fingerprint density at radius 1 is 1.17 bits per heavy atom. The van der Waals surface area contributed by atoms with Gasteiger partial charge in [0.25, 0.3) is 11.6 Å². The highest BCUT2D eigenvalue weighted by Crippen LogP contribution is 2.40. The van der Waals surface area contributed by atoms with Crippen LogP contribution in [0, 0.1) is 24.0 Å². The largest absolute Gasteiger partial charge is 0.504 e. The van der Waals surface area contributed by atoms with Crippen molar-refractivity contribution in [3.63, 3.8) is 0 Å². The Morgan fingerprint density at radius 3 is 2.64 bits per heavy atom. The lowest BCUT2D eigenvalue weighted by atomic mass is 9.96. The molecule has 2 N–H and O–H groups in total. The first-order valence-electron chi connectivity index (χ1n) is 11.9. The van der Waals surface area contributed by atoms with Gasteiger partial charge in [0.15, 0.2) is 11.5 Å². The lowest BCUT2D eigenvalue weighted by Gasteiger charge is -2.13. The van der Waals surface area contributed by atoms with Crippen LogP contribution in [0.5, 0.6) is 11.5 Å². The Balaban J connectivity index is 1.78. The van der Waals surface area contributed by atoms with Crippen molar-refractivity contribution in [1.29, 1.82) is 0 Å². The number of nitrogens with zero attached hydrogens (tertiary/aromatic N) is 2. The zero-order chi connectivity index (χ0) is 25.8. The molecule has 1 aliphatic carbocycles. The molecule has 4 rings (SSSR count). The van der Waals surface area contributed by atoms with Crippen molar-refractivity contribution in [1.82, 2.24) is 0 Å². The van der Waals surface area contributed by atoms with Gasteiger partial charge in [-0.3, -0.25) is 14.9 Å². The molecule has 36 heavy (non-hydrogen) atoms. The number of hydrogen-bond donors (Lipinski definition) is 2. The summed E-state index contributed by atoms with van der Waals surface area (Å²) in [7, 11) is 1.33. The Labute approximate surface area is 213 Å². The molecule has 0 spiro atoms. The Bertz CT molecular complexity index is 1350.